The second-order valence-electron chi connectivity index (χ2n) is 8.34. The van der Waals surface area contributed by atoms with Crippen molar-refractivity contribution in [3.63, 3.8) is 0 Å². The highest BCUT2D eigenvalue weighted by Crippen LogP contribution is 2.24. The number of sulfonamides is 1. The molecule has 3 aromatic rings. The minimum atomic E-state index is -3.75. The van der Waals surface area contributed by atoms with Crippen LogP contribution in [0.1, 0.15) is 31.7 Å². The standard InChI is InChI=1S/C28H31N3O5S2/c1-2-31(24-13-7-4-8-14-24)38(34,35)25-17-15-23(16-18-25)29-28(37)30-26(32)19-20-27(33)36-21-9-12-22-10-5-3-6-11-22/h3-8,10-11,13-18H,2,9,12,19-21H2,1H3,(H2,29,30,32,37). The van der Waals surface area contributed by atoms with Crippen LogP contribution in [0.5, 0.6) is 0 Å². The summed E-state index contributed by atoms with van der Waals surface area (Å²) in [5.41, 5.74) is 2.27. The average Bonchev–Trinajstić information content (AvgIpc) is 2.91. The van der Waals surface area contributed by atoms with Gasteiger partial charge in [-0.1, -0.05) is 48.5 Å². The van der Waals surface area contributed by atoms with Gasteiger partial charge in [-0.15, -0.1) is 0 Å². The number of nitrogens with zero attached hydrogens (tertiary/aromatic N) is 1. The number of rotatable bonds is 12. The molecule has 3 rings (SSSR count). The molecule has 0 fully saturated rings. The van der Waals surface area contributed by atoms with E-state index in [1.54, 1.807) is 43.3 Å². The van der Waals surface area contributed by atoms with E-state index in [2.05, 4.69) is 10.6 Å². The molecular weight excluding hydrogens is 522 g/mol. The molecule has 0 heterocycles. The van der Waals surface area contributed by atoms with Crippen LogP contribution >= 0.6 is 12.2 Å². The fourth-order valence-electron chi connectivity index (χ4n) is 3.67. The summed E-state index contributed by atoms with van der Waals surface area (Å²) in [6, 6.07) is 24.9. The number of benzene rings is 3. The molecule has 0 bridgehead atoms. The summed E-state index contributed by atoms with van der Waals surface area (Å²) >= 11 is 5.17. The minimum Gasteiger partial charge on any atom is -0.466 e. The molecule has 0 atom stereocenters. The van der Waals surface area contributed by atoms with Gasteiger partial charge in [0.25, 0.3) is 10.0 Å². The Bertz CT molecular complexity index is 1320. The summed E-state index contributed by atoms with van der Waals surface area (Å²) in [7, 11) is -3.75. The fraction of sp³-hybridized carbons (Fsp3) is 0.250. The topological polar surface area (TPSA) is 105 Å². The van der Waals surface area contributed by atoms with Crippen molar-refractivity contribution < 1.29 is 22.7 Å². The van der Waals surface area contributed by atoms with Crippen LogP contribution in [0, 0.1) is 0 Å². The predicted molar refractivity (Wildman–Crippen MR) is 152 cm³/mol. The van der Waals surface area contributed by atoms with E-state index in [4.69, 9.17) is 17.0 Å². The van der Waals surface area contributed by atoms with Gasteiger partial charge in [0.05, 0.1) is 23.6 Å². The SMILES string of the molecule is CCN(c1ccccc1)S(=O)(=O)c1ccc(NC(=S)NC(=O)CCC(=O)OCCCc2ccccc2)cc1. The van der Waals surface area contributed by atoms with Crippen molar-refractivity contribution >= 4 is 50.6 Å². The quantitative estimate of drug-likeness (QED) is 0.191. The van der Waals surface area contributed by atoms with Gasteiger partial charge in [-0.05, 0) is 73.9 Å². The molecule has 0 radical (unpaired) electrons. The first-order valence-corrected chi connectivity index (χ1v) is 14.1. The van der Waals surface area contributed by atoms with Crippen molar-refractivity contribution in [2.45, 2.75) is 37.5 Å². The molecule has 38 heavy (non-hydrogen) atoms. The van der Waals surface area contributed by atoms with Gasteiger partial charge in [-0.25, -0.2) is 8.42 Å². The number of ether oxygens (including phenoxy) is 1. The first-order valence-electron chi connectivity index (χ1n) is 12.3. The lowest BCUT2D eigenvalue weighted by atomic mass is 10.1. The van der Waals surface area contributed by atoms with Gasteiger partial charge in [0.1, 0.15) is 0 Å². The van der Waals surface area contributed by atoms with Gasteiger partial charge < -0.3 is 15.4 Å². The van der Waals surface area contributed by atoms with E-state index in [1.165, 1.54) is 22.0 Å². The van der Waals surface area contributed by atoms with Gasteiger partial charge in [0.15, 0.2) is 5.11 Å². The van der Waals surface area contributed by atoms with E-state index >= 15 is 0 Å². The molecular formula is C28H31N3O5S2. The van der Waals surface area contributed by atoms with Crippen molar-refractivity contribution in [3.8, 4) is 0 Å². The highest BCUT2D eigenvalue weighted by atomic mass is 32.2. The monoisotopic (exact) mass is 553 g/mol. The average molecular weight is 554 g/mol. The predicted octanol–water partition coefficient (Wildman–Crippen LogP) is 4.67. The molecule has 200 valence electrons. The van der Waals surface area contributed by atoms with Crippen molar-refractivity contribution in [1.82, 2.24) is 5.32 Å². The molecule has 0 aliphatic heterocycles. The number of anilines is 2. The molecule has 0 saturated carbocycles. The molecule has 0 aliphatic carbocycles. The zero-order chi connectivity index (χ0) is 27.4. The minimum absolute atomic E-state index is 0.0429. The lowest BCUT2D eigenvalue weighted by molar-refractivity contribution is -0.145. The summed E-state index contributed by atoms with van der Waals surface area (Å²) < 4.78 is 32.7. The number of hydrogen-bond donors (Lipinski definition) is 2. The molecule has 0 saturated heterocycles. The van der Waals surface area contributed by atoms with E-state index in [0.717, 1.165) is 6.42 Å². The Morgan fingerprint density at radius 2 is 1.53 bits per heavy atom. The molecule has 0 spiro atoms. The lowest BCUT2D eigenvalue weighted by Gasteiger charge is -2.23. The van der Waals surface area contributed by atoms with Crippen LogP contribution < -0.4 is 14.9 Å². The van der Waals surface area contributed by atoms with E-state index in [0.29, 0.717) is 24.4 Å². The highest BCUT2D eigenvalue weighted by Gasteiger charge is 2.23. The molecule has 10 heteroatoms. The first kappa shape index (κ1) is 28.8. The number of esters is 1. The number of para-hydroxylation sites is 1. The zero-order valence-corrected chi connectivity index (χ0v) is 22.8. The molecule has 2 N–H and O–H groups in total. The Balaban J connectivity index is 1.41. The maximum Gasteiger partial charge on any atom is 0.306 e. The van der Waals surface area contributed by atoms with Crippen molar-refractivity contribution in [2.24, 2.45) is 0 Å². The molecule has 1 amide bonds. The molecule has 0 aromatic heterocycles. The summed E-state index contributed by atoms with van der Waals surface area (Å²) in [6.45, 7) is 2.35. The van der Waals surface area contributed by atoms with Crippen LogP contribution in [0.4, 0.5) is 11.4 Å². The second-order valence-corrected chi connectivity index (χ2v) is 10.6. The molecule has 3 aromatic carbocycles. The van der Waals surface area contributed by atoms with Crippen LogP contribution in [-0.2, 0) is 30.8 Å². The summed E-state index contributed by atoms with van der Waals surface area (Å²) in [5, 5.41) is 5.40. The number of hydrogen-bond acceptors (Lipinski definition) is 6. The Labute approximate surface area is 229 Å². The third-order valence-electron chi connectivity index (χ3n) is 5.56. The summed E-state index contributed by atoms with van der Waals surface area (Å²) in [4.78, 5) is 24.2. The Morgan fingerprint density at radius 1 is 0.895 bits per heavy atom. The molecule has 8 nitrogen and oxygen atoms in total. The van der Waals surface area contributed by atoms with Gasteiger partial charge in [0, 0.05) is 18.7 Å². The van der Waals surface area contributed by atoms with E-state index in [9.17, 15) is 18.0 Å². The maximum absolute atomic E-state index is 13.1. The van der Waals surface area contributed by atoms with Crippen molar-refractivity contribution in [1.29, 1.82) is 0 Å². The number of carbonyl (C=O) groups excluding carboxylic acids is 2. The normalized spacial score (nSPS) is 10.9. The maximum atomic E-state index is 13.1. The van der Waals surface area contributed by atoms with Crippen molar-refractivity contribution in [3.05, 3.63) is 90.5 Å². The van der Waals surface area contributed by atoms with Gasteiger partial charge >= 0.3 is 5.97 Å². The first-order chi connectivity index (χ1) is 18.3. The molecule has 0 unspecified atom stereocenters. The summed E-state index contributed by atoms with van der Waals surface area (Å²) in [6.07, 6.45) is 1.40. The number of thiocarbonyl (C=S) groups is 1. The summed E-state index contributed by atoms with van der Waals surface area (Å²) in [5.74, 6) is -0.870. The van der Waals surface area contributed by atoms with E-state index in [1.807, 2.05) is 36.4 Å². The third-order valence-corrected chi connectivity index (χ3v) is 7.68. The van der Waals surface area contributed by atoms with E-state index in [-0.39, 0.29) is 29.4 Å². The van der Waals surface area contributed by atoms with Gasteiger partial charge in [0.2, 0.25) is 5.91 Å². The third kappa shape index (κ3) is 8.67. The highest BCUT2D eigenvalue weighted by molar-refractivity contribution is 7.92. The Kier molecular flexibility index (Phi) is 10.8. The Morgan fingerprint density at radius 3 is 2.16 bits per heavy atom. The number of nitrogens with one attached hydrogen (secondary N) is 2. The van der Waals surface area contributed by atoms with Crippen molar-refractivity contribution in [2.75, 3.05) is 22.8 Å². The second kappa shape index (κ2) is 14.3. The number of carbonyl (C=O) groups is 2. The van der Waals surface area contributed by atoms with Crippen LogP contribution in [0.25, 0.3) is 0 Å². The largest absolute Gasteiger partial charge is 0.466 e. The molecule has 0 aliphatic rings. The zero-order valence-electron chi connectivity index (χ0n) is 21.1. The van der Waals surface area contributed by atoms with E-state index < -0.39 is 21.9 Å². The fourth-order valence-corrected chi connectivity index (χ4v) is 5.37. The lowest BCUT2D eigenvalue weighted by Crippen LogP contribution is -2.34. The van der Waals surface area contributed by atoms with Crippen LogP contribution in [0.3, 0.4) is 0 Å². The van der Waals surface area contributed by atoms with Crippen LogP contribution in [-0.4, -0.2) is 38.6 Å². The van der Waals surface area contributed by atoms with Gasteiger partial charge in [-0.3, -0.25) is 13.9 Å². The number of aryl methyl sites for hydroxylation is 1. The van der Waals surface area contributed by atoms with Crippen LogP contribution in [0.15, 0.2) is 89.8 Å². The van der Waals surface area contributed by atoms with Gasteiger partial charge in [-0.2, -0.15) is 0 Å². The smallest absolute Gasteiger partial charge is 0.306 e. The van der Waals surface area contributed by atoms with Crippen LogP contribution in [0.2, 0.25) is 0 Å². The Hall–Kier alpha value is -3.76. The number of amides is 1.